The minimum atomic E-state index is -4.17. The fraction of sp³-hybridized carbons (Fsp3) is 0.714. The number of amides is 1. The summed E-state index contributed by atoms with van der Waals surface area (Å²) in [5.74, 6) is -2.81. The molecule has 2 aliphatic carbocycles. The summed E-state index contributed by atoms with van der Waals surface area (Å²) >= 11 is 0. The van der Waals surface area contributed by atoms with Gasteiger partial charge in [-0.1, -0.05) is 12.2 Å². The predicted molar refractivity (Wildman–Crippen MR) is 68.3 cm³/mol. The lowest BCUT2D eigenvalue weighted by Gasteiger charge is -2.23. The lowest BCUT2D eigenvalue weighted by molar-refractivity contribution is -0.147. The van der Waals surface area contributed by atoms with Crippen molar-refractivity contribution in [3.8, 4) is 0 Å². The summed E-state index contributed by atoms with van der Waals surface area (Å²) in [6, 6.07) is 0. The van der Waals surface area contributed by atoms with E-state index in [2.05, 4.69) is 5.32 Å². The molecule has 2 bridgehead atoms. The van der Waals surface area contributed by atoms with E-state index in [0.717, 1.165) is 0 Å². The number of hydrogen-bond donors (Lipinski definition) is 2. The molecule has 0 aromatic carbocycles. The van der Waals surface area contributed by atoms with Crippen molar-refractivity contribution in [3.05, 3.63) is 12.2 Å². The molecule has 0 spiro atoms. The lowest BCUT2D eigenvalue weighted by Crippen LogP contribution is -2.40. The number of carboxylic acid groups (broad SMARTS) is 1. The number of nitrogens with one attached hydrogen (secondary N) is 1. The maximum absolute atomic E-state index is 12.1. The van der Waals surface area contributed by atoms with Gasteiger partial charge in [-0.25, -0.2) is 0 Å². The highest BCUT2D eigenvalue weighted by Gasteiger charge is 2.51. The second-order valence-corrected chi connectivity index (χ2v) is 5.70. The number of rotatable bonds is 6. The van der Waals surface area contributed by atoms with E-state index in [9.17, 15) is 27.9 Å². The summed E-state index contributed by atoms with van der Waals surface area (Å²) < 4.78 is 35.9. The number of carbonyl (C=O) groups is 2. The van der Waals surface area contributed by atoms with Gasteiger partial charge < -0.3 is 10.4 Å². The van der Waals surface area contributed by atoms with Gasteiger partial charge in [-0.3, -0.25) is 9.59 Å². The van der Waals surface area contributed by atoms with Crippen LogP contribution in [-0.2, 0) is 9.59 Å². The van der Waals surface area contributed by atoms with Crippen LogP contribution in [0, 0.1) is 23.7 Å². The normalized spacial score (nSPS) is 30.6. The van der Waals surface area contributed by atoms with Gasteiger partial charge in [0.1, 0.15) is 0 Å². The van der Waals surface area contributed by atoms with Gasteiger partial charge in [0.05, 0.1) is 11.8 Å². The van der Waals surface area contributed by atoms with Crippen LogP contribution >= 0.6 is 0 Å². The van der Waals surface area contributed by atoms with E-state index < -0.39 is 30.4 Å². The van der Waals surface area contributed by atoms with Gasteiger partial charge in [-0.05, 0) is 31.1 Å². The van der Waals surface area contributed by atoms with E-state index in [-0.39, 0.29) is 37.1 Å². The summed E-state index contributed by atoms with van der Waals surface area (Å²) in [7, 11) is 0. The van der Waals surface area contributed by atoms with Crippen LogP contribution in [0.1, 0.15) is 25.7 Å². The van der Waals surface area contributed by atoms with E-state index in [1.54, 1.807) is 0 Å². The number of allylic oxidation sites excluding steroid dienone is 2. The first kappa shape index (κ1) is 15.9. The first-order chi connectivity index (χ1) is 9.79. The van der Waals surface area contributed by atoms with Gasteiger partial charge in [-0.2, -0.15) is 13.2 Å². The van der Waals surface area contributed by atoms with E-state index in [1.165, 1.54) is 0 Å². The highest BCUT2D eigenvalue weighted by molar-refractivity contribution is 5.86. The molecule has 0 aromatic heterocycles. The Labute approximate surface area is 120 Å². The third-order valence-electron chi connectivity index (χ3n) is 4.23. The van der Waals surface area contributed by atoms with Crippen LogP contribution in [0.3, 0.4) is 0 Å². The minimum absolute atomic E-state index is 0.0389. The SMILES string of the molecule is O=C(O)C1C2C=CC(C2)C1C(=O)NCCCCC(F)(F)F. The van der Waals surface area contributed by atoms with Crippen LogP contribution in [0.4, 0.5) is 13.2 Å². The van der Waals surface area contributed by atoms with Crippen LogP contribution in [-0.4, -0.2) is 29.7 Å². The van der Waals surface area contributed by atoms with Crippen molar-refractivity contribution in [2.75, 3.05) is 6.54 Å². The van der Waals surface area contributed by atoms with E-state index >= 15 is 0 Å². The first-order valence-corrected chi connectivity index (χ1v) is 7.05. The van der Waals surface area contributed by atoms with Crippen LogP contribution < -0.4 is 5.32 Å². The Morgan fingerprint density at radius 2 is 1.76 bits per heavy atom. The topological polar surface area (TPSA) is 66.4 Å². The molecule has 21 heavy (non-hydrogen) atoms. The highest BCUT2D eigenvalue weighted by Crippen LogP contribution is 2.48. The molecule has 0 saturated heterocycles. The number of halogens is 3. The van der Waals surface area contributed by atoms with Gasteiger partial charge in [0.2, 0.25) is 5.91 Å². The zero-order chi connectivity index (χ0) is 15.6. The largest absolute Gasteiger partial charge is 0.481 e. The molecule has 0 heterocycles. The second-order valence-electron chi connectivity index (χ2n) is 5.70. The first-order valence-electron chi connectivity index (χ1n) is 7.05. The average Bonchev–Trinajstić information content (AvgIpc) is 2.96. The Bertz CT molecular complexity index is 447. The smallest absolute Gasteiger partial charge is 0.389 e. The molecule has 2 rings (SSSR count). The molecule has 118 valence electrons. The van der Waals surface area contributed by atoms with Gasteiger partial charge in [0.25, 0.3) is 0 Å². The molecule has 0 aromatic rings. The Hall–Kier alpha value is -1.53. The number of carboxylic acids is 1. The van der Waals surface area contributed by atoms with Gasteiger partial charge in [-0.15, -0.1) is 0 Å². The average molecular weight is 305 g/mol. The molecule has 1 amide bonds. The molecule has 4 unspecified atom stereocenters. The van der Waals surface area contributed by atoms with Crippen molar-refractivity contribution in [1.82, 2.24) is 5.32 Å². The lowest BCUT2D eigenvalue weighted by atomic mass is 9.82. The zero-order valence-electron chi connectivity index (χ0n) is 11.4. The van der Waals surface area contributed by atoms with Gasteiger partial charge in [0, 0.05) is 13.0 Å². The van der Waals surface area contributed by atoms with Crippen molar-refractivity contribution < 1.29 is 27.9 Å². The third-order valence-corrected chi connectivity index (χ3v) is 4.23. The number of alkyl halides is 3. The molecule has 1 fully saturated rings. The number of fused-ring (bicyclic) bond motifs is 2. The Morgan fingerprint density at radius 1 is 1.14 bits per heavy atom. The van der Waals surface area contributed by atoms with Crippen molar-refractivity contribution in [2.45, 2.75) is 31.9 Å². The molecular weight excluding hydrogens is 287 g/mol. The van der Waals surface area contributed by atoms with Crippen molar-refractivity contribution in [3.63, 3.8) is 0 Å². The van der Waals surface area contributed by atoms with Crippen molar-refractivity contribution >= 4 is 11.9 Å². The Morgan fingerprint density at radius 3 is 2.33 bits per heavy atom. The number of carbonyl (C=O) groups excluding carboxylic acids is 1. The molecule has 1 saturated carbocycles. The summed E-state index contributed by atoms with van der Waals surface area (Å²) in [5.41, 5.74) is 0. The Balaban J connectivity index is 1.78. The summed E-state index contributed by atoms with van der Waals surface area (Å²) in [5, 5.41) is 11.8. The van der Waals surface area contributed by atoms with E-state index in [4.69, 9.17) is 0 Å². The summed E-state index contributed by atoms with van der Waals surface area (Å²) in [6.07, 6.45) is -0.453. The maximum Gasteiger partial charge on any atom is 0.389 e. The van der Waals surface area contributed by atoms with Crippen LogP contribution in [0.25, 0.3) is 0 Å². The van der Waals surface area contributed by atoms with Crippen LogP contribution in [0.2, 0.25) is 0 Å². The predicted octanol–water partition coefficient (Wildman–Crippen LogP) is 2.36. The quantitative estimate of drug-likeness (QED) is 0.585. The monoisotopic (exact) mass is 305 g/mol. The molecule has 4 nitrogen and oxygen atoms in total. The van der Waals surface area contributed by atoms with E-state index in [1.807, 2.05) is 12.2 Å². The van der Waals surface area contributed by atoms with E-state index in [0.29, 0.717) is 6.42 Å². The molecule has 2 N–H and O–H groups in total. The summed E-state index contributed by atoms with van der Waals surface area (Å²) in [4.78, 5) is 23.3. The zero-order valence-corrected chi connectivity index (χ0v) is 11.4. The molecule has 0 aliphatic heterocycles. The highest BCUT2D eigenvalue weighted by atomic mass is 19.4. The second kappa shape index (κ2) is 6.07. The van der Waals surface area contributed by atoms with Crippen LogP contribution in [0.5, 0.6) is 0 Å². The summed E-state index contributed by atoms with van der Waals surface area (Å²) in [6.45, 7) is 0.152. The minimum Gasteiger partial charge on any atom is -0.481 e. The van der Waals surface area contributed by atoms with Crippen molar-refractivity contribution in [2.24, 2.45) is 23.7 Å². The maximum atomic E-state index is 12.1. The fourth-order valence-electron chi connectivity index (χ4n) is 3.30. The van der Waals surface area contributed by atoms with Crippen molar-refractivity contribution in [1.29, 1.82) is 0 Å². The number of hydrogen-bond acceptors (Lipinski definition) is 2. The van der Waals surface area contributed by atoms with Gasteiger partial charge in [0.15, 0.2) is 0 Å². The molecule has 4 atom stereocenters. The number of aliphatic carboxylic acids is 1. The standard InChI is InChI=1S/C14H18F3NO3/c15-14(16,17)5-1-2-6-18-12(19)10-8-3-4-9(7-8)11(10)13(20)21/h3-4,8-11H,1-2,5-7H2,(H,18,19)(H,20,21). The van der Waals surface area contributed by atoms with Crippen LogP contribution in [0.15, 0.2) is 12.2 Å². The molecular formula is C14H18F3NO3. The third kappa shape index (κ3) is 3.77. The molecule has 7 heteroatoms. The van der Waals surface area contributed by atoms with Gasteiger partial charge >= 0.3 is 12.1 Å². The number of unbranched alkanes of at least 4 members (excludes halogenated alkanes) is 1. The fourth-order valence-corrected chi connectivity index (χ4v) is 3.30. The molecule has 2 aliphatic rings. The molecule has 0 radical (unpaired) electrons. The Kier molecular flexibility index (Phi) is 4.58.